The predicted molar refractivity (Wildman–Crippen MR) is 140 cm³/mol. The van der Waals surface area contributed by atoms with E-state index < -0.39 is 6.17 Å². The first-order valence-electron chi connectivity index (χ1n) is 12.5. The fourth-order valence-electron chi connectivity index (χ4n) is 4.79. The number of carbonyl (C=O) groups excluding carboxylic acids is 2. The van der Waals surface area contributed by atoms with Crippen molar-refractivity contribution in [1.29, 1.82) is 0 Å². The molecule has 2 aromatic rings. The average molecular weight is 491 g/mol. The highest BCUT2D eigenvalue weighted by atomic mass is 16.3. The average Bonchev–Trinajstić information content (AvgIpc) is 3.37. The van der Waals surface area contributed by atoms with Crippen molar-refractivity contribution in [3.05, 3.63) is 59.2 Å². The fourth-order valence-corrected chi connectivity index (χ4v) is 4.79. The maximum Gasteiger partial charge on any atom is 0.253 e. The Hall–Kier alpha value is -3.72. The Kier molecular flexibility index (Phi) is 8.32. The summed E-state index contributed by atoms with van der Waals surface area (Å²) in [6, 6.07) is 13.6. The van der Waals surface area contributed by atoms with Crippen molar-refractivity contribution < 1.29 is 14.7 Å². The van der Waals surface area contributed by atoms with Crippen LogP contribution < -0.4 is 11.2 Å². The van der Waals surface area contributed by atoms with Crippen LogP contribution in [-0.2, 0) is 4.79 Å². The molecule has 2 aliphatic rings. The Bertz CT molecular complexity index is 1130. The smallest absolute Gasteiger partial charge is 0.253 e. The van der Waals surface area contributed by atoms with Gasteiger partial charge in [0.2, 0.25) is 5.91 Å². The lowest BCUT2D eigenvalue weighted by Crippen LogP contribution is -2.36. The predicted octanol–water partition coefficient (Wildman–Crippen LogP) is 3.67. The molecule has 0 spiro atoms. The lowest BCUT2D eigenvalue weighted by atomic mass is 10.00. The van der Waals surface area contributed by atoms with Gasteiger partial charge in [0.1, 0.15) is 6.17 Å². The first kappa shape index (κ1) is 25.4. The van der Waals surface area contributed by atoms with Crippen molar-refractivity contribution in [2.75, 3.05) is 38.1 Å². The van der Waals surface area contributed by atoms with Crippen molar-refractivity contribution >= 4 is 23.6 Å². The molecule has 1 saturated heterocycles. The van der Waals surface area contributed by atoms with Gasteiger partial charge in [0.25, 0.3) is 5.91 Å². The summed E-state index contributed by atoms with van der Waals surface area (Å²) in [7, 11) is 0. The molecule has 190 valence electrons. The maximum absolute atomic E-state index is 13.2. The first-order chi connectivity index (χ1) is 17.5. The number of aliphatic hydroxyl groups excluding tert-OH is 1. The van der Waals surface area contributed by atoms with Crippen molar-refractivity contribution in [3.63, 3.8) is 0 Å². The van der Waals surface area contributed by atoms with Gasteiger partial charge in [-0.3, -0.25) is 9.59 Å². The molecule has 4 N–H and O–H groups in total. The van der Waals surface area contributed by atoms with Gasteiger partial charge in [0.15, 0.2) is 0 Å². The van der Waals surface area contributed by atoms with Crippen LogP contribution >= 0.6 is 0 Å². The molecule has 9 heteroatoms. The van der Waals surface area contributed by atoms with Crippen LogP contribution in [0.15, 0.2) is 58.4 Å². The number of rotatable bonds is 8. The number of nitrogens with two attached hydrogens (primary N) is 1. The number of benzene rings is 2. The highest BCUT2D eigenvalue weighted by Gasteiger charge is 2.25. The number of amides is 2. The molecular weight excluding hydrogens is 456 g/mol. The first-order valence-corrected chi connectivity index (χ1v) is 12.5. The Morgan fingerprint density at radius 2 is 1.83 bits per heavy atom. The molecule has 0 aromatic heterocycles. The molecule has 0 bridgehead atoms. The minimum Gasteiger partial charge on any atom is -0.395 e. The van der Waals surface area contributed by atoms with E-state index in [2.05, 4.69) is 15.7 Å². The normalized spacial score (nSPS) is 17.3. The van der Waals surface area contributed by atoms with Crippen LogP contribution in [0, 0.1) is 0 Å². The topological polar surface area (TPSA) is 124 Å². The zero-order valence-corrected chi connectivity index (χ0v) is 20.7. The monoisotopic (exact) mass is 490 g/mol. The van der Waals surface area contributed by atoms with E-state index in [1.54, 1.807) is 4.90 Å². The van der Waals surface area contributed by atoms with Crippen LogP contribution in [0.2, 0.25) is 0 Å². The third-order valence-electron chi connectivity index (χ3n) is 6.61. The van der Waals surface area contributed by atoms with Gasteiger partial charge in [-0.2, -0.15) is 0 Å². The number of hydrogen-bond acceptors (Lipinski definition) is 6. The van der Waals surface area contributed by atoms with E-state index in [0.717, 1.165) is 54.7 Å². The summed E-state index contributed by atoms with van der Waals surface area (Å²) in [4.78, 5) is 29.5. The second-order valence-corrected chi connectivity index (χ2v) is 9.16. The Morgan fingerprint density at radius 3 is 2.50 bits per heavy atom. The van der Waals surface area contributed by atoms with Gasteiger partial charge in [0.05, 0.1) is 6.61 Å². The van der Waals surface area contributed by atoms with Crippen LogP contribution in [0.5, 0.6) is 0 Å². The largest absolute Gasteiger partial charge is 0.395 e. The molecule has 1 fully saturated rings. The number of anilines is 1. The summed E-state index contributed by atoms with van der Waals surface area (Å²) >= 11 is 0. The highest BCUT2D eigenvalue weighted by molar-refractivity contribution is 5.99. The number of carbonyl (C=O) groups is 2. The van der Waals surface area contributed by atoms with E-state index >= 15 is 0 Å². The van der Waals surface area contributed by atoms with Gasteiger partial charge in [-0.25, -0.2) is 0 Å². The minimum atomic E-state index is -0.500. The second kappa shape index (κ2) is 11.8. The fraction of sp³-hybridized carbons (Fsp3) is 0.407. The Morgan fingerprint density at radius 1 is 1.11 bits per heavy atom. The summed E-state index contributed by atoms with van der Waals surface area (Å²) in [5, 5.41) is 20.3. The third-order valence-corrected chi connectivity index (χ3v) is 6.61. The number of nitrogens with zero attached hydrogens (tertiary/aromatic N) is 4. The molecule has 2 amide bonds. The van der Waals surface area contributed by atoms with Crippen molar-refractivity contribution in [1.82, 2.24) is 9.80 Å². The van der Waals surface area contributed by atoms with E-state index in [-0.39, 0.29) is 25.0 Å². The molecule has 0 radical (unpaired) electrons. The summed E-state index contributed by atoms with van der Waals surface area (Å²) < 4.78 is 0. The zero-order valence-electron chi connectivity index (χ0n) is 20.7. The van der Waals surface area contributed by atoms with Gasteiger partial charge in [-0.05, 0) is 60.2 Å². The zero-order chi connectivity index (χ0) is 25.5. The Labute approximate surface area is 211 Å². The van der Waals surface area contributed by atoms with Crippen LogP contribution in [-0.4, -0.2) is 65.7 Å². The van der Waals surface area contributed by atoms with E-state index in [0.29, 0.717) is 24.1 Å². The van der Waals surface area contributed by atoms with Crippen molar-refractivity contribution in [3.8, 4) is 11.1 Å². The molecule has 2 heterocycles. The van der Waals surface area contributed by atoms with E-state index in [9.17, 15) is 14.7 Å². The second-order valence-electron chi connectivity index (χ2n) is 9.16. The number of likely N-dealkylation sites (tertiary alicyclic amines) is 1. The molecule has 0 saturated carbocycles. The van der Waals surface area contributed by atoms with Crippen molar-refractivity contribution in [2.45, 2.75) is 38.8 Å². The Balaban J connectivity index is 1.61. The molecule has 2 aliphatic heterocycles. The number of aliphatic hydroxyl groups is 1. The van der Waals surface area contributed by atoms with Gasteiger partial charge in [0, 0.05) is 49.4 Å². The lowest BCUT2D eigenvalue weighted by molar-refractivity contribution is -0.127. The van der Waals surface area contributed by atoms with Crippen LogP contribution in [0.4, 0.5) is 5.69 Å². The molecule has 2 aromatic carbocycles. The van der Waals surface area contributed by atoms with Gasteiger partial charge in [-0.1, -0.05) is 36.4 Å². The molecule has 4 rings (SSSR count). The standard InChI is InChI=1S/C27H34N6O3/c1-2-11-32(14-15-34)27(36)23-16-22-10-9-21(17-24(22)29-25(18-23)30-31-28)19-5-7-20(8-6-19)26(35)33-12-3-4-13-33/h5-10,16-17,25,29,34H,2-4,11-15,18H2,1H3,(H2,28,30). The summed E-state index contributed by atoms with van der Waals surface area (Å²) in [6.45, 7) is 4.40. The number of hydrogen-bond donors (Lipinski definition) is 3. The molecule has 1 atom stereocenters. The van der Waals surface area contributed by atoms with Crippen LogP contribution in [0.25, 0.3) is 17.2 Å². The minimum absolute atomic E-state index is 0.0817. The van der Waals surface area contributed by atoms with Crippen LogP contribution in [0.3, 0.4) is 0 Å². The molecule has 9 nitrogen and oxygen atoms in total. The molecule has 1 unspecified atom stereocenters. The van der Waals surface area contributed by atoms with E-state index in [1.165, 1.54) is 0 Å². The van der Waals surface area contributed by atoms with Gasteiger partial charge < -0.3 is 26.1 Å². The third kappa shape index (κ3) is 5.73. The number of nitrogens with one attached hydrogen (secondary N) is 1. The maximum atomic E-state index is 13.2. The number of fused-ring (bicyclic) bond motifs is 1. The summed E-state index contributed by atoms with van der Waals surface area (Å²) in [5.74, 6) is 5.31. The highest BCUT2D eigenvalue weighted by Crippen LogP contribution is 2.32. The summed E-state index contributed by atoms with van der Waals surface area (Å²) in [5.41, 5.74) is 4.91. The van der Waals surface area contributed by atoms with Crippen molar-refractivity contribution in [2.24, 2.45) is 16.2 Å². The SMILES string of the molecule is CCCN(CCO)C(=O)C1=Cc2ccc(-c3ccc(C(=O)N4CCCC4)cc3)cc2NC(N=NN)C1. The van der Waals surface area contributed by atoms with E-state index in [1.807, 2.05) is 60.4 Å². The molecular formula is C27H34N6O3. The lowest BCUT2D eigenvalue weighted by Gasteiger charge is -2.23. The quantitative estimate of drug-likeness (QED) is 0.296. The van der Waals surface area contributed by atoms with Gasteiger partial charge >= 0.3 is 0 Å². The molecule has 36 heavy (non-hydrogen) atoms. The van der Waals surface area contributed by atoms with Gasteiger partial charge in [-0.15, -0.1) is 5.11 Å². The van der Waals surface area contributed by atoms with Crippen LogP contribution in [0.1, 0.15) is 48.5 Å². The van der Waals surface area contributed by atoms with E-state index in [4.69, 9.17) is 5.84 Å². The summed E-state index contributed by atoms with van der Waals surface area (Å²) in [6.07, 6.45) is 4.62. The molecule has 0 aliphatic carbocycles.